The molecule has 1 aliphatic rings. The minimum atomic E-state index is -0.174. The van der Waals surface area contributed by atoms with E-state index in [1.165, 1.54) is 10.2 Å². The molecule has 1 saturated heterocycles. The number of hydrogen-bond donors (Lipinski definition) is 1. The lowest BCUT2D eigenvalue weighted by molar-refractivity contribution is -0.125. The van der Waals surface area contributed by atoms with E-state index in [4.69, 9.17) is 11.6 Å². The number of nitrogens with zero attached hydrogens (tertiary/aromatic N) is 3. The van der Waals surface area contributed by atoms with Gasteiger partial charge in [-0.25, -0.2) is 0 Å². The fraction of sp³-hybridized carbons (Fsp3) is 0.320. The van der Waals surface area contributed by atoms with Gasteiger partial charge in [0.05, 0.1) is 11.6 Å². The van der Waals surface area contributed by atoms with Gasteiger partial charge in [-0.15, -0.1) is 5.10 Å². The summed E-state index contributed by atoms with van der Waals surface area (Å²) in [5.74, 6) is 0.620. The lowest BCUT2D eigenvalue weighted by Gasteiger charge is -2.33. The maximum absolute atomic E-state index is 12.8. The molecule has 0 unspecified atom stereocenters. The SMILES string of the molecule is CCc1ccc(-n2nc(N3CCC[C@H](C(=O)NCc4ccc(Cl)cc4)C3)ccc2=O)cc1. The summed E-state index contributed by atoms with van der Waals surface area (Å²) in [7, 11) is 0. The first-order chi connectivity index (χ1) is 15.5. The van der Waals surface area contributed by atoms with Crippen molar-refractivity contribution in [1.29, 1.82) is 0 Å². The molecule has 0 spiro atoms. The number of halogens is 1. The van der Waals surface area contributed by atoms with E-state index in [0.717, 1.165) is 37.1 Å². The standard InChI is InChI=1S/C25H27ClN4O2/c1-2-18-7-11-22(12-8-18)30-24(31)14-13-23(28-30)29-15-3-4-20(17-29)25(32)27-16-19-5-9-21(26)10-6-19/h5-14,20H,2-4,15-17H2,1H3,(H,27,32)/t20-/m0/s1. The van der Waals surface area contributed by atoms with Crippen molar-refractivity contribution in [2.45, 2.75) is 32.7 Å². The summed E-state index contributed by atoms with van der Waals surface area (Å²) >= 11 is 5.92. The van der Waals surface area contributed by atoms with Crippen LogP contribution in [-0.2, 0) is 17.8 Å². The first kappa shape index (κ1) is 22.1. The molecule has 0 aliphatic carbocycles. The van der Waals surface area contributed by atoms with E-state index >= 15 is 0 Å². The van der Waals surface area contributed by atoms with Gasteiger partial charge >= 0.3 is 0 Å². The third-order valence-corrected chi connectivity index (χ3v) is 6.12. The fourth-order valence-corrected chi connectivity index (χ4v) is 4.09. The summed E-state index contributed by atoms with van der Waals surface area (Å²) in [6.45, 7) is 3.95. The molecule has 166 valence electrons. The Morgan fingerprint density at radius 3 is 2.50 bits per heavy atom. The van der Waals surface area contributed by atoms with Crippen LogP contribution in [0, 0.1) is 5.92 Å². The van der Waals surface area contributed by atoms with Crippen molar-refractivity contribution >= 4 is 23.3 Å². The zero-order valence-electron chi connectivity index (χ0n) is 18.1. The van der Waals surface area contributed by atoms with Crippen LogP contribution in [0.5, 0.6) is 0 Å². The molecule has 4 rings (SSSR count). The molecule has 0 bridgehead atoms. The third-order valence-electron chi connectivity index (χ3n) is 5.87. The average Bonchev–Trinajstić information content (AvgIpc) is 2.84. The summed E-state index contributed by atoms with van der Waals surface area (Å²) in [5.41, 5.74) is 2.79. The topological polar surface area (TPSA) is 67.2 Å². The van der Waals surface area contributed by atoms with Crippen LogP contribution >= 0.6 is 11.6 Å². The highest BCUT2D eigenvalue weighted by atomic mass is 35.5. The quantitative estimate of drug-likeness (QED) is 0.616. The molecule has 7 heteroatoms. The van der Waals surface area contributed by atoms with Crippen molar-refractivity contribution in [3.8, 4) is 5.69 Å². The molecule has 32 heavy (non-hydrogen) atoms. The summed E-state index contributed by atoms with van der Waals surface area (Å²) in [5, 5.41) is 8.31. The second-order valence-corrected chi connectivity index (χ2v) is 8.53. The van der Waals surface area contributed by atoms with Crippen molar-refractivity contribution in [3.05, 3.63) is 87.2 Å². The van der Waals surface area contributed by atoms with Gasteiger partial charge in [0.1, 0.15) is 5.82 Å². The highest BCUT2D eigenvalue weighted by Crippen LogP contribution is 2.22. The molecule has 6 nitrogen and oxygen atoms in total. The number of aryl methyl sites for hydroxylation is 1. The largest absolute Gasteiger partial charge is 0.354 e. The summed E-state index contributed by atoms with van der Waals surface area (Å²) < 4.78 is 1.43. The van der Waals surface area contributed by atoms with Gasteiger partial charge in [-0.3, -0.25) is 9.59 Å². The molecule has 2 aromatic carbocycles. The first-order valence-corrected chi connectivity index (χ1v) is 11.4. The molecule has 2 heterocycles. The number of benzene rings is 2. The summed E-state index contributed by atoms with van der Waals surface area (Å²) in [6, 6.07) is 18.6. The van der Waals surface area contributed by atoms with E-state index in [-0.39, 0.29) is 17.4 Å². The van der Waals surface area contributed by atoms with Crippen LogP contribution in [0.3, 0.4) is 0 Å². The Morgan fingerprint density at radius 1 is 1.06 bits per heavy atom. The average molecular weight is 451 g/mol. The highest BCUT2D eigenvalue weighted by molar-refractivity contribution is 6.30. The van der Waals surface area contributed by atoms with Gasteiger partial charge in [-0.05, 0) is 60.7 Å². The number of amides is 1. The number of aromatic nitrogens is 2. The fourth-order valence-electron chi connectivity index (χ4n) is 3.96. The van der Waals surface area contributed by atoms with Gasteiger partial charge in [-0.2, -0.15) is 4.68 Å². The molecule has 1 aromatic heterocycles. The van der Waals surface area contributed by atoms with Gasteiger partial charge in [0, 0.05) is 30.7 Å². The first-order valence-electron chi connectivity index (χ1n) is 11.0. The van der Waals surface area contributed by atoms with E-state index in [1.54, 1.807) is 12.1 Å². The number of piperidine rings is 1. The molecule has 1 aliphatic heterocycles. The maximum atomic E-state index is 12.8. The molecular weight excluding hydrogens is 424 g/mol. The van der Waals surface area contributed by atoms with Gasteiger partial charge in [0.2, 0.25) is 5.91 Å². The van der Waals surface area contributed by atoms with Crippen LogP contribution in [0.2, 0.25) is 5.02 Å². The minimum absolute atomic E-state index is 0.0353. The molecule has 0 saturated carbocycles. The Balaban J connectivity index is 1.45. The van der Waals surface area contributed by atoms with Crippen molar-refractivity contribution < 1.29 is 4.79 Å². The van der Waals surface area contributed by atoms with E-state index in [2.05, 4.69) is 22.2 Å². The van der Waals surface area contributed by atoms with Crippen molar-refractivity contribution in [2.24, 2.45) is 5.92 Å². The van der Waals surface area contributed by atoms with Crippen molar-refractivity contribution in [1.82, 2.24) is 15.1 Å². The lowest BCUT2D eigenvalue weighted by atomic mass is 9.97. The molecule has 3 aromatic rings. The Bertz CT molecular complexity index is 1130. The number of anilines is 1. The van der Waals surface area contributed by atoms with Crippen LogP contribution in [0.1, 0.15) is 30.9 Å². The monoisotopic (exact) mass is 450 g/mol. The van der Waals surface area contributed by atoms with Gasteiger partial charge in [-0.1, -0.05) is 42.8 Å². The maximum Gasteiger partial charge on any atom is 0.271 e. The lowest BCUT2D eigenvalue weighted by Crippen LogP contribution is -2.43. The Morgan fingerprint density at radius 2 is 1.78 bits per heavy atom. The van der Waals surface area contributed by atoms with E-state index in [0.29, 0.717) is 23.9 Å². The molecule has 1 N–H and O–H groups in total. The zero-order valence-corrected chi connectivity index (χ0v) is 18.9. The molecule has 0 radical (unpaired) electrons. The second-order valence-electron chi connectivity index (χ2n) is 8.09. The number of hydrogen-bond acceptors (Lipinski definition) is 4. The summed E-state index contributed by atoms with van der Waals surface area (Å²) in [6.07, 6.45) is 2.67. The van der Waals surface area contributed by atoms with Gasteiger partial charge in [0.15, 0.2) is 0 Å². The van der Waals surface area contributed by atoms with Crippen LogP contribution in [0.4, 0.5) is 5.82 Å². The predicted octanol–water partition coefficient (Wildman–Crippen LogP) is 3.98. The van der Waals surface area contributed by atoms with Crippen LogP contribution in [0.25, 0.3) is 5.69 Å². The normalized spacial score (nSPS) is 16.1. The Hall–Kier alpha value is -3.12. The van der Waals surface area contributed by atoms with Crippen LogP contribution < -0.4 is 15.8 Å². The Kier molecular flexibility index (Phi) is 6.90. The van der Waals surface area contributed by atoms with E-state index < -0.39 is 0 Å². The van der Waals surface area contributed by atoms with E-state index in [1.807, 2.05) is 48.5 Å². The smallest absolute Gasteiger partial charge is 0.271 e. The minimum Gasteiger partial charge on any atom is -0.354 e. The predicted molar refractivity (Wildman–Crippen MR) is 127 cm³/mol. The molecular formula is C25H27ClN4O2. The number of nitrogens with one attached hydrogen (secondary N) is 1. The zero-order chi connectivity index (χ0) is 22.5. The third kappa shape index (κ3) is 5.19. The number of rotatable bonds is 6. The van der Waals surface area contributed by atoms with Gasteiger partial charge in [0.25, 0.3) is 5.56 Å². The van der Waals surface area contributed by atoms with Crippen molar-refractivity contribution in [3.63, 3.8) is 0 Å². The Labute approximate surface area is 192 Å². The number of carbonyl (C=O) groups excluding carboxylic acids is 1. The molecule has 1 amide bonds. The van der Waals surface area contributed by atoms with E-state index in [9.17, 15) is 9.59 Å². The summed E-state index contributed by atoms with van der Waals surface area (Å²) in [4.78, 5) is 27.3. The number of carbonyl (C=O) groups is 1. The van der Waals surface area contributed by atoms with Crippen LogP contribution in [0.15, 0.2) is 65.5 Å². The van der Waals surface area contributed by atoms with Gasteiger partial charge < -0.3 is 10.2 Å². The second kappa shape index (κ2) is 10.0. The molecule has 1 fully saturated rings. The van der Waals surface area contributed by atoms with Crippen molar-refractivity contribution in [2.75, 3.05) is 18.0 Å². The van der Waals surface area contributed by atoms with Crippen LogP contribution in [-0.4, -0.2) is 28.8 Å². The molecule has 1 atom stereocenters. The highest BCUT2D eigenvalue weighted by Gasteiger charge is 2.26.